The molecule has 53 heavy (non-hydrogen) atoms. The Kier molecular flexibility index (Phi) is 5.72. The quantitative estimate of drug-likeness (QED) is 0.160. The van der Waals surface area contributed by atoms with Crippen LogP contribution in [0.3, 0.4) is 0 Å². The zero-order valence-electron chi connectivity index (χ0n) is 36.4. The van der Waals surface area contributed by atoms with Crippen molar-refractivity contribution in [2.75, 3.05) is 0 Å². The maximum absolute atomic E-state index is 9.68. The Morgan fingerprint density at radius 2 is 0.849 bits per heavy atom. The molecule has 1 aromatic heterocycles. The second kappa shape index (κ2) is 12.9. The highest BCUT2D eigenvalue weighted by atomic mass is 15.1. The summed E-state index contributed by atoms with van der Waals surface area (Å²) in [6, 6.07) is 47.4. The van der Waals surface area contributed by atoms with Crippen LogP contribution in [0.2, 0.25) is 0 Å². The number of imidazole rings is 1. The first-order chi connectivity index (χ1) is 29.6. The molecule has 0 unspecified atom stereocenters. The summed E-state index contributed by atoms with van der Waals surface area (Å²) < 4.78 is 76.9. The normalized spacial score (nSPS) is 13.5. The van der Waals surface area contributed by atoms with Gasteiger partial charge in [0.25, 0.3) is 0 Å². The van der Waals surface area contributed by atoms with Crippen LogP contribution in [0, 0.1) is 0 Å². The van der Waals surface area contributed by atoms with Gasteiger partial charge < -0.3 is 0 Å². The molecule has 1 heterocycles. The van der Waals surface area contributed by atoms with Gasteiger partial charge in [0, 0.05) is 11.1 Å². The van der Waals surface area contributed by atoms with E-state index in [1.165, 1.54) is 0 Å². The smallest absolute Gasteiger partial charge is 0.145 e. The molecule has 0 fully saturated rings. The zero-order valence-corrected chi connectivity index (χ0v) is 28.4. The molecule has 0 aliphatic carbocycles. The number of hydrogen-bond donors (Lipinski definition) is 0. The van der Waals surface area contributed by atoms with Gasteiger partial charge in [-0.05, 0) is 96.9 Å². The first kappa shape index (κ1) is 23.4. The number of aromatic nitrogens is 2. The Hall–Kier alpha value is -7.03. The minimum absolute atomic E-state index is 0.142. The van der Waals surface area contributed by atoms with Crippen molar-refractivity contribution in [1.29, 1.82) is 0 Å². The van der Waals surface area contributed by atoms with E-state index in [1.807, 2.05) is 156 Å². The summed E-state index contributed by atoms with van der Waals surface area (Å²) in [4.78, 5) is 5.07. The summed E-state index contributed by atoms with van der Waals surface area (Å²) in [7, 11) is 0. The Bertz CT molecular complexity index is 3250. The predicted octanol–water partition coefficient (Wildman–Crippen LogP) is 13.7. The fourth-order valence-electron chi connectivity index (χ4n) is 7.48. The van der Waals surface area contributed by atoms with Gasteiger partial charge in [0.2, 0.25) is 0 Å². The van der Waals surface area contributed by atoms with Crippen molar-refractivity contribution in [3.8, 4) is 61.6 Å². The van der Waals surface area contributed by atoms with Gasteiger partial charge in [-0.15, -0.1) is 0 Å². The van der Waals surface area contributed by atoms with Crippen LogP contribution >= 0.6 is 0 Å². The molecule has 2 heteroatoms. The van der Waals surface area contributed by atoms with E-state index < -0.39 is 24.2 Å². The van der Waals surface area contributed by atoms with E-state index in [2.05, 4.69) is 6.07 Å². The van der Waals surface area contributed by atoms with E-state index in [0.717, 1.165) is 38.9 Å². The average molecular weight is 683 g/mol. The van der Waals surface area contributed by atoms with Gasteiger partial charge in [-0.1, -0.05) is 170 Å². The SMILES string of the molecule is [2H]c1c([2H])c([2H])c2c(-c3ccccc3-n3c(-c4ccccc4)nc4ccccc43)c3c([2H])c([2H])c([2H])c([2H])c3c(-c3cc(-c4ccccc4)cc(-c4ccccc4)c3)c2c1[2H]. The van der Waals surface area contributed by atoms with Gasteiger partial charge >= 0.3 is 0 Å². The number of benzene rings is 9. The molecule has 0 atom stereocenters. The van der Waals surface area contributed by atoms with Crippen LogP contribution in [-0.4, -0.2) is 9.55 Å². The molecule has 0 radical (unpaired) electrons. The highest BCUT2D eigenvalue weighted by Gasteiger charge is 2.22. The topological polar surface area (TPSA) is 17.8 Å². The number of hydrogen-bond acceptors (Lipinski definition) is 1. The van der Waals surface area contributed by atoms with Crippen molar-refractivity contribution in [3.05, 3.63) is 206 Å². The summed E-state index contributed by atoms with van der Waals surface area (Å²) in [5.41, 5.74) is 8.05. The molecule has 248 valence electrons. The van der Waals surface area contributed by atoms with E-state index in [-0.39, 0.29) is 51.3 Å². The third-order valence-corrected chi connectivity index (χ3v) is 9.82. The monoisotopic (exact) mass is 682 g/mol. The van der Waals surface area contributed by atoms with Crippen molar-refractivity contribution in [3.63, 3.8) is 0 Å². The van der Waals surface area contributed by atoms with Crippen LogP contribution in [-0.2, 0) is 0 Å². The minimum Gasteiger partial charge on any atom is -0.292 e. The van der Waals surface area contributed by atoms with E-state index in [1.54, 1.807) is 0 Å². The van der Waals surface area contributed by atoms with Gasteiger partial charge in [0.1, 0.15) is 5.82 Å². The molecule has 0 aliphatic rings. The Balaban J connectivity index is 1.43. The molecule has 9 aromatic carbocycles. The summed E-state index contributed by atoms with van der Waals surface area (Å²) in [6.07, 6.45) is 0. The fraction of sp³-hybridized carbons (Fsp3) is 0. The molecule has 0 spiro atoms. The summed E-state index contributed by atoms with van der Waals surface area (Å²) in [6.45, 7) is 0. The molecule has 10 aromatic rings. The van der Waals surface area contributed by atoms with Crippen molar-refractivity contribution < 1.29 is 11.0 Å². The van der Waals surface area contributed by atoms with Crippen molar-refractivity contribution in [1.82, 2.24) is 9.55 Å². The summed E-state index contributed by atoms with van der Waals surface area (Å²) in [5, 5.41) is 0.582. The maximum atomic E-state index is 9.68. The molecule has 0 bridgehead atoms. The van der Waals surface area contributed by atoms with Crippen LogP contribution in [0.4, 0.5) is 0 Å². The Morgan fingerprint density at radius 1 is 0.396 bits per heavy atom. The highest BCUT2D eigenvalue weighted by Crippen LogP contribution is 2.47. The second-order valence-electron chi connectivity index (χ2n) is 12.9. The Labute approximate surface area is 320 Å². The van der Waals surface area contributed by atoms with E-state index in [0.29, 0.717) is 28.2 Å². The molecular formula is C51H34N2. The van der Waals surface area contributed by atoms with Crippen LogP contribution in [0.1, 0.15) is 11.0 Å². The molecule has 0 N–H and O–H groups in total. The largest absolute Gasteiger partial charge is 0.292 e. The van der Waals surface area contributed by atoms with Gasteiger partial charge in [-0.2, -0.15) is 0 Å². The van der Waals surface area contributed by atoms with Gasteiger partial charge in [-0.3, -0.25) is 4.57 Å². The van der Waals surface area contributed by atoms with Crippen LogP contribution < -0.4 is 0 Å². The van der Waals surface area contributed by atoms with Crippen molar-refractivity contribution >= 4 is 32.6 Å². The zero-order chi connectivity index (χ0) is 42.1. The van der Waals surface area contributed by atoms with E-state index >= 15 is 0 Å². The predicted molar refractivity (Wildman–Crippen MR) is 223 cm³/mol. The van der Waals surface area contributed by atoms with E-state index in [9.17, 15) is 5.48 Å². The van der Waals surface area contributed by atoms with Crippen LogP contribution in [0.5, 0.6) is 0 Å². The lowest BCUT2D eigenvalue weighted by molar-refractivity contribution is 1.10. The van der Waals surface area contributed by atoms with Crippen molar-refractivity contribution in [2.24, 2.45) is 0 Å². The molecule has 0 amide bonds. The van der Waals surface area contributed by atoms with Crippen molar-refractivity contribution in [2.45, 2.75) is 0 Å². The lowest BCUT2D eigenvalue weighted by Crippen LogP contribution is -2.01. The molecular weight excluding hydrogens is 641 g/mol. The summed E-state index contributed by atoms with van der Waals surface area (Å²) >= 11 is 0. The second-order valence-corrected chi connectivity index (χ2v) is 12.9. The molecule has 2 nitrogen and oxygen atoms in total. The third-order valence-electron chi connectivity index (χ3n) is 9.82. The minimum atomic E-state index is -0.455. The molecule has 10 rings (SSSR count). The van der Waals surface area contributed by atoms with Gasteiger partial charge in [0.05, 0.1) is 27.7 Å². The third kappa shape index (κ3) is 5.32. The first-order valence-corrected chi connectivity index (χ1v) is 17.5. The maximum Gasteiger partial charge on any atom is 0.145 e. The molecule has 0 saturated carbocycles. The summed E-state index contributed by atoms with van der Waals surface area (Å²) in [5.74, 6) is 0.634. The number of fused-ring (bicyclic) bond motifs is 3. The van der Waals surface area contributed by atoms with Crippen LogP contribution in [0.15, 0.2) is 206 Å². The van der Waals surface area contributed by atoms with Gasteiger partial charge in [0.15, 0.2) is 0 Å². The first-order valence-electron chi connectivity index (χ1n) is 21.5. The van der Waals surface area contributed by atoms with E-state index in [4.69, 9.17) is 10.5 Å². The van der Waals surface area contributed by atoms with Gasteiger partial charge in [-0.25, -0.2) is 4.98 Å². The number of rotatable bonds is 6. The molecule has 0 saturated heterocycles. The lowest BCUT2D eigenvalue weighted by atomic mass is 9.84. The Morgan fingerprint density at radius 3 is 1.43 bits per heavy atom. The molecule has 0 aliphatic heterocycles. The fourth-order valence-corrected chi connectivity index (χ4v) is 7.48. The average Bonchev–Trinajstić information content (AvgIpc) is 3.70. The lowest BCUT2D eigenvalue weighted by Gasteiger charge is -2.21. The number of para-hydroxylation sites is 3. The highest BCUT2D eigenvalue weighted by molar-refractivity contribution is 6.22. The number of nitrogens with zero attached hydrogens (tertiary/aromatic N) is 2. The van der Waals surface area contributed by atoms with Crippen LogP contribution in [0.25, 0.3) is 94.2 Å². The standard InChI is InChI=1S/C51H34N2/c1-4-18-35(19-5-1)38-32-39(36-20-6-2-7-21-36)34-40(33-38)49-41-24-10-12-26-43(41)50(44-27-13-11-25-42(44)49)45-28-14-16-30-47(45)53-48-31-17-15-29-46(48)52-51(53)37-22-8-3-9-23-37/h1-34H/i10D,11D,12D,13D,24D,25D,26D,27D.